The summed E-state index contributed by atoms with van der Waals surface area (Å²) in [7, 11) is 0. The Bertz CT molecular complexity index is 963. The van der Waals surface area contributed by atoms with Gasteiger partial charge < -0.3 is 10.2 Å². The van der Waals surface area contributed by atoms with E-state index >= 15 is 0 Å². The predicted molar refractivity (Wildman–Crippen MR) is 96.4 cm³/mol. The Morgan fingerprint density at radius 2 is 2.04 bits per heavy atom. The molecule has 2 aromatic heterocycles. The van der Waals surface area contributed by atoms with Crippen molar-refractivity contribution in [1.82, 2.24) is 19.5 Å². The quantitative estimate of drug-likeness (QED) is 0.783. The molecule has 4 rings (SSSR count). The Morgan fingerprint density at radius 1 is 1.23 bits per heavy atom. The number of nitrogens with zero attached hydrogens (tertiary/aromatic N) is 4. The number of hydrogen-bond donors (Lipinski definition) is 1. The molecule has 1 aliphatic heterocycles. The van der Waals surface area contributed by atoms with Crippen LogP contribution in [0.4, 0.5) is 5.69 Å². The van der Waals surface area contributed by atoms with E-state index in [1.54, 1.807) is 27.7 Å². The predicted octanol–water partition coefficient (Wildman–Crippen LogP) is 2.17. The molecule has 1 N–H and O–H groups in total. The van der Waals surface area contributed by atoms with Crippen molar-refractivity contribution < 1.29 is 9.59 Å². The van der Waals surface area contributed by atoms with Gasteiger partial charge in [0.15, 0.2) is 5.65 Å². The number of hydrogen-bond acceptors (Lipinski definition) is 4. The van der Waals surface area contributed by atoms with Gasteiger partial charge in [0, 0.05) is 13.0 Å². The minimum absolute atomic E-state index is 0.0115. The van der Waals surface area contributed by atoms with Gasteiger partial charge in [0.05, 0.1) is 11.9 Å². The maximum atomic E-state index is 12.7. The third kappa shape index (κ3) is 3.15. The van der Waals surface area contributed by atoms with Crippen LogP contribution in [-0.2, 0) is 16.1 Å². The summed E-state index contributed by atoms with van der Waals surface area (Å²) in [6.07, 6.45) is 4.09. The summed E-state index contributed by atoms with van der Waals surface area (Å²) >= 11 is 0. The van der Waals surface area contributed by atoms with E-state index in [1.807, 2.05) is 31.2 Å². The van der Waals surface area contributed by atoms with Gasteiger partial charge in [-0.25, -0.2) is 9.50 Å². The van der Waals surface area contributed by atoms with Crippen molar-refractivity contribution >= 4 is 23.1 Å². The van der Waals surface area contributed by atoms with Crippen molar-refractivity contribution in [3.63, 3.8) is 0 Å². The highest BCUT2D eigenvalue weighted by Crippen LogP contribution is 2.23. The van der Waals surface area contributed by atoms with Gasteiger partial charge in [-0.05, 0) is 31.0 Å². The lowest BCUT2D eigenvalue weighted by Crippen LogP contribution is -2.41. The summed E-state index contributed by atoms with van der Waals surface area (Å²) in [4.78, 5) is 30.8. The smallest absolute Gasteiger partial charge is 0.247 e. The Morgan fingerprint density at radius 3 is 2.85 bits per heavy atom. The number of rotatable bonds is 4. The molecule has 3 heterocycles. The van der Waals surface area contributed by atoms with E-state index < -0.39 is 6.04 Å². The van der Waals surface area contributed by atoms with Crippen molar-refractivity contribution in [1.29, 1.82) is 0 Å². The number of carbonyl (C=O) groups excluding carboxylic acids is 2. The molecule has 0 saturated carbocycles. The first-order valence-electron chi connectivity index (χ1n) is 8.55. The maximum absolute atomic E-state index is 12.7. The number of benzene rings is 1. The Hall–Kier alpha value is -3.22. The Balaban J connectivity index is 1.49. The second-order valence-corrected chi connectivity index (χ2v) is 6.53. The van der Waals surface area contributed by atoms with Gasteiger partial charge >= 0.3 is 0 Å². The van der Waals surface area contributed by atoms with Crippen molar-refractivity contribution in [3.05, 3.63) is 60.0 Å². The van der Waals surface area contributed by atoms with Crippen LogP contribution in [0.15, 0.2) is 48.9 Å². The molecule has 0 radical (unpaired) electrons. The molecule has 1 saturated heterocycles. The third-order valence-electron chi connectivity index (χ3n) is 4.65. The van der Waals surface area contributed by atoms with Gasteiger partial charge in [-0.15, -0.1) is 0 Å². The molecule has 2 amide bonds. The van der Waals surface area contributed by atoms with Gasteiger partial charge in [0.1, 0.15) is 12.4 Å². The summed E-state index contributed by atoms with van der Waals surface area (Å²) in [5, 5.41) is 6.95. The maximum Gasteiger partial charge on any atom is 0.247 e. The molecule has 1 aromatic carbocycles. The average molecular weight is 349 g/mol. The summed E-state index contributed by atoms with van der Waals surface area (Å²) in [5.74, 6) is -0.167. The van der Waals surface area contributed by atoms with E-state index in [1.165, 1.54) is 11.9 Å². The zero-order valence-electron chi connectivity index (χ0n) is 14.4. The molecule has 3 aromatic rings. The highest BCUT2D eigenvalue weighted by Gasteiger charge is 2.36. The van der Waals surface area contributed by atoms with Crippen LogP contribution >= 0.6 is 0 Å². The molecular formula is C19H19N5O2. The van der Waals surface area contributed by atoms with Gasteiger partial charge in [0.25, 0.3) is 0 Å². The minimum atomic E-state index is -0.463. The van der Waals surface area contributed by atoms with Crippen molar-refractivity contribution in [3.8, 4) is 0 Å². The highest BCUT2D eigenvalue weighted by molar-refractivity contribution is 5.99. The zero-order valence-corrected chi connectivity index (χ0v) is 14.4. The van der Waals surface area contributed by atoms with Crippen molar-refractivity contribution in [2.75, 3.05) is 5.32 Å². The van der Waals surface area contributed by atoms with Crippen molar-refractivity contribution in [2.24, 2.45) is 0 Å². The van der Waals surface area contributed by atoms with Gasteiger partial charge in [-0.3, -0.25) is 9.59 Å². The van der Waals surface area contributed by atoms with Gasteiger partial charge in [-0.2, -0.15) is 5.10 Å². The lowest BCUT2D eigenvalue weighted by atomic mass is 10.1. The number of amides is 2. The average Bonchev–Trinajstić information content (AvgIpc) is 3.23. The molecule has 7 heteroatoms. The van der Waals surface area contributed by atoms with E-state index in [9.17, 15) is 9.59 Å². The van der Waals surface area contributed by atoms with E-state index in [2.05, 4.69) is 15.4 Å². The largest absolute Gasteiger partial charge is 0.326 e. The summed E-state index contributed by atoms with van der Waals surface area (Å²) in [5.41, 5.74) is 3.52. The van der Waals surface area contributed by atoms with E-state index in [0.29, 0.717) is 30.7 Å². The van der Waals surface area contributed by atoms with E-state index in [0.717, 1.165) is 5.56 Å². The van der Waals surface area contributed by atoms with Crippen LogP contribution in [-0.4, -0.2) is 37.4 Å². The second-order valence-electron chi connectivity index (χ2n) is 6.53. The number of pyridine rings is 1. The Kier molecular flexibility index (Phi) is 4.12. The monoisotopic (exact) mass is 349 g/mol. The molecule has 132 valence electrons. The van der Waals surface area contributed by atoms with Crippen LogP contribution in [0.2, 0.25) is 0 Å². The van der Waals surface area contributed by atoms with Gasteiger partial charge in [0.2, 0.25) is 11.8 Å². The fourth-order valence-corrected chi connectivity index (χ4v) is 3.21. The van der Waals surface area contributed by atoms with E-state index in [4.69, 9.17) is 0 Å². The number of nitrogens with one attached hydrogen (secondary N) is 1. The number of fused-ring (bicyclic) bond motifs is 1. The molecule has 26 heavy (non-hydrogen) atoms. The van der Waals surface area contributed by atoms with Crippen molar-refractivity contribution in [2.45, 2.75) is 32.4 Å². The number of aromatic nitrogens is 3. The van der Waals surface area contributed by atoms with Crippen LogP contribution in [0.5, 0.6) is 0 Å². The number of likely N-dealkylation sites (tertiary alicyclic amines) is 1. The summed E-state index contributed by atoms with van der Waals surface area (Å²) in [6, 6.07) is 11.1. The second kappa shape index (κ2) is 6.59. The third-order valence-corrected chi connectivity index (χ3v) is 4.65. The number of carbonyl (C=O) groups is 2. The van der Waals surface area contributed by atoms with Crippen LogP contribution in [0.1, 0.15) is 24.0 Å². The lowest BCUT2D eigenvalue weighted by molar-refractivity contribution is -0.133. The summed E-state index contributed by atoms with van der Waals surface area (Å²) < 4.78 is 1.60. The minimum Gasteiger partial charge on any atom is -0.326 e. The molecule has 1 fully saturated rings. The number of anilines is 1. The molecule has 1 atom stereocenters. The van der Waals surface area contributed by atoms with Crippen LogP contribution in [0, 0.1) is 6.92 Å². The zero-order chi connectivity index (χ0) is 18.1. The Labute approximate surface area is 150 Å². The first-order chi connectivity index (χ1) is 12.6. The SMILES string of the molecule is Cc1ccc(CN2C(=O)CCC2C(=O)Nc2ccc3ncnn3c2)cc1. The highest BCUT2D eigenvalue weighted by atomic mass is 16.2. The van der Waals surface area contributed by atoms with E-state index in [-0.39, 0.29) is 11.8 Å². The number of aryl methyl sites for hydroxylation is 1. The standard InChI is InChI=1S/C19H19N5O2/c1-13-2-4-14(5-3-13)10-23-16(7-9-18(23)25)19(26)22-15-6-8-17-20-12-21-24(17)11-15/h2-6,8,11-12,16H,7,9-10H2,1H3,(H,22,26). The molecule has 1 aliphatic rings. The lowest BCUT2D eigenvalue weighted by Gasteiger charge is -2.24. The molecule has 1 unspecified atom stereocenters. The van der Waals surface area contributed by atoms with Crippen LogP contribution in [0.25, 0.3) is 5.65 Å². The molecule has 0 spiro atoms. The van der Waals surface area contributed by atoms with Crippen LogP contribution < -0.4 is 5.32 Å². The molecular weight excluding hydrogens is 330 g/mol. The molecule has 7 nitrogen and oxygen atoms in total. The van der Waals surface area contributed by atoms with Gasteiger partial charge in [-0.1, -0.05) is 29.8 Å². The topological polar surface area (TPSA) is 79.6 Å². The normalized spacial score (nSPS) is 17.0. The first kappa shape index (κ1) is 16.3. The fourth-order valence-electron chi connectivity index (χ4n) is 3.21. The van der Waals surface area contributed by atoms with Crippen LogP contribution in [0.3, 0.4) is 0 Å². The molecule has 0 aliphatic carbocycles. The summed E-state index contributed by atoms with van der Waals surface area (Å²) in [6.45, 7) is 2.46. The first-order valence-corrected chi connectivity index (χ1v) is 8.55. The molecule has 0 bridgehead atoms. The fraction of sp³-hybridized carbons (Fsp3) is 0.263.